The molecule has 3 aromatic rings. The van der Waals surface area contributed by atoms with Gasteiger partial charge in [0.1, 0.15) is 17.7 Å². The Morgan fingerprint density at radius 2 is 1.90 bits per heavy atom. The van der Waals surface area contributed by atoms with Crippen molar-refractivity contribution in [2.75, 3.05) is 7.11 Å². The maximum Gasteiger partial charge on any atom is 0.125 e. The van der Waals surface area contributed by atoms with Crippen molar-refractivity contribution in [2.45, 2.75) is 6.10 Å². The number of benzene rings is 2. The van der Waals surface area contributed by atoms with E-state index in [9.17, 15) is 9.50 Å². The van der Waals surface area contributed by atoms with E-state index >= 15 is 0 Å². The van der Waals surface area contributed by atoms with Gasteiger partial charge in [0.2, 0.25) is 0 Å². The van der Waals surface area contributed by atoms with Crippen molar-refractivity contribution in [3.05, 3.63) is 71.7 Å². The summed E-state index contributed by atoms with van der Waals surface area (Å²) in [6.07, 6.45) is 0.649. The molecule has 1 atom stereocenters. The molecule has 1 aromatic heterocycles. The third-order valence-corrected chi connectivity index (χ3v) is 3.46. The molecule has 2 aromatic carbocycles. The Morgan fingerprint density at radius 3 is 2.71 bits per heavy atom. The van der Waals surface area contributed by atoms with E-state index in [-0.39, 0.29) is 0 Å². The van der Waals surface area contributed by atoms with Gasteiger partial charge in [-0.25, -0.2) is 4.39 Å². The third-order valence-electron chi connectivity index (χ3n) is 3.46. The molecule has 0 amide bonds. The van der Waals surface area contributed by atoms with Gasteiger partial charge in [0.05, 0.1) is 12.6 Å². The number of aliphatic hydroxyl groups excluding tert-OH is 1. The van der Waals surface area contributed by atoms with E-state index in [0.717, 1.165) is 10.9 Å². The molecule has 0 saturated heterocycles. The van der Waals surface area contributed by atoms with Crippen molar-refractivity contribution in [3.8, 4) is 5.75 Å². The van der Waals surface area contributed by atoms with Crippen LogP contribution in [0.2, 0.25) is 0 Å². The van der Waals surface area contributed by atoms with E-state index < -0.39 is 11.9 Å². The molecule has 0 aliphatic carbocycles. The molecule has 21 heavy (non-hydrogen) atoms. The summed E-state index contributed by atoms with van der Waals surface area (Å²) < 4.78 is 18.7. The van der Waals surface area contributed by atoms with E-state index in [1.54, 1.807) is 12.3 Å². The number of pyridine rings is 1. The Bertz CT molecular complexity index is 783. The molecule has 0 aliphatic rings. The highest BCUT2D eigenvalue weighted by Gasteiger charge is 2.18. The van der Waals surface area contributed by atoms with Gasteiger partial charge >= 0.3 is 0 Å². The second kappa shape index (κ2) is 5.50. The maximum absolute atomic E-state index is 13.5. The summed E-state index contributed by atoms with van der Waals surface area (Å²) in [5.41, 5.74) is 1.85. The monoisotopic (exact) mass is 283 g/mol. The Balaban J connectivity index is 2.17. The Hall–Kier alpha value is -2.46. The molecule has 1 N–H and O–H groups in total. The maximum atomic E-state index is 13.5. The number of para-hydroxylation sites is 1. The zero-order chi connectivity index (χ0) is 14.8. The van der Waals surface area contributed by atoms with Crippen LogP contribution < -0.4 is 4.74 Å². The Kier molecular flexibility index (Phi) is 3.54. The molecule has 3 rings (SSSR count). The summed E-state index contributed by atoms with van der Waals surface area (Å²) >= 11 is 0. The van der Waals surface area contributed by atoms with Gasteiger partial charge in [-0.05, 0) is 35.9 Å². The van der Waals surface area contributed by atoms with Crippen LogP contribution in [0.25, 0.3) is 10.9 Å². The molecule has 0 bridgehead atoms. The lowest BCUT2D eigenvalue weighted by Crippen LogP contribution is -2.04. The lowest BCUT2D eigenvalue weighted by molar-refractivity contribution is 0.215. The van der Waals surface area contributed by atoms with Gasteiger partial charge in [-0.15, -0.1) is 0 Å². The second-order valence-electron chi connectivity index (χ2n) is 4.71. The molecule has 0 radical (unpaired) electrons. The van der Waals surface area contributed by atoms with Crippen molar-refractivity contribution >= 4 is 10.9 Å². The number of ether oxygens (including phenoxy) is 1. The predicted molar refractivity (Wildman–Crippen MR) is 78.8 cm³/mol. The first-order valence-corrected chi connectivity index (χ1v) is 6.56. The second-order valence-corrected chi connectivity index (χ2v) is 4.71. The summed E-state index contributed by atoms with van der Waals surface area (Å²) in [5.74, 6) is 0.0352. The third kappa shape index (κ3) is 2.45. The van der Waals surface area contributed by atoms with Crippen LogP contribution in [0.1, 0.15) is 17.2 Å². The molecule has 3 nitrogen and oxygen atoms in total. The number of hydrogen-bond acceptors (Lipinski definition) is 3. The zero-order valence-electron chi connectivity index (χ0n) is 11.5. The normalized spacial score (nSPS) is 12.3. The van der Waals surface area contributed by atoms with E-state index in [0.29, 0.717) is 16.9 Å². The van der Waals surface area contributed by atoms with Crippen LogP contribution in [-0.4, -0.2) is 17.2 Å². The smallest absolute Gasteiger partial charge is 0.125 e. The number of fused-ring (bicyclic) bond motifs is 1. The highest BCUT2D eigenvalue weighted by atomic mass is 19.1. The molecule has 106 valence electrons. The predicted octanol–water partition coefficient (Wildman–Crippen LogP) is 3.46. The number of aromatic nitrogens is 1. The summed E-state index contributed by atoms with van der Waals surface area (Å²) in [6.45, 7) is 0. The van der Waals surface area contributed by atoms with Crippen LogP contribution >= 0.6 is 0 Å². The average molecular weight is 283 g/mol. The minimum absolute atomic E-state index is 0.397. The number of methoxy groups -OCH3 is 1. The summed E-state index contributed by atoms with van der Waals surface area (Å²) in [5, 5.41) is 11.5. The van der Waals surface area contributed by atoms with Crippen molar-refractivity contribution in [3.63, 3.8) is 0 Å². The van der Waals surface area contributed by atoms with E-state index in [1.165, 1.54) is 25.3 Å². The van der Waals surface area contributed by atoms with Gasteiger partial charge in [-0.2, -0.15) is 0 Å². The molecular formula is C17H14FNO2. The van der Waals surface area contributed by atoms with Gasteiger partial charge in [-0.1, -0.05) is 18.2 Å². The number of nitrogens with zero attached hydrogens (tertiary/aromatic N) is 1. The molecule has 0 saturated carbocycles. The lowest BCUT2D eigenvalue weighted by Gasteiger charge is -2.16. The van der Waals surface area contributed by atoms with E-state index in [2.05, 4.69) is 4.98 Å². The first-order chi connectivity index (χ1) is 10.2. The number of aliphatic hydroxyl groups is 1. The van der Waals surface area contributed by atoms with Crippen molar-refractivity contribution in [1.29, 1.82) is 0 Å². The molecular weight excluding hydrogens is 269 g/mol. The van der Waals surface area contributed by atoms with Crippen LogP contribution in [0, 0.1) is 5.82 Å². The minimum atomic E-state index is -0.983. The average Bonchev–Trinajstić information content (AvgIpc) is 2.53. The van der Waals surface area contributed by atoms with Crippen molar-refractivity contribution in [2.24, 2.45) is 0 Å². The van der Waals surface area contributed by atoms with Crippen molar-refractivity contribution in [1.82, 2.24) is 4.98 Å². The molecule has 0 fully saturated rings. The minimum Gasteiger partial charge on any atom is -0.496 e. The Morgan fingerprint density at radius 1 is 1.10 bits per heavy atom. The molecule has 1 heterocycles. The molecule has 0 spiro atoms. The quantitative estimate of drug-likeness (QED) is 0.800. The van der Waals surface area contributed by atoms with Gasteiger partial charge in [0.25, 0.3) is 0 Å². The summed E-state index contributed by atoms with van der Waals surface area (Å²) in [7, 11) is 1.49. The zero-order valence-corrected chi connectivity index (χ0v) is 11.5. The fourth-order valence-electron chi connectivity index (χ4n) is 2.44. The first-order valence-electron chi connectivity index (χ1n) is 6.56. The standard InChI is InChI=1S/C17H14FNO2/c1-21-16-7-6-11(18)10-14(16)17(20)13-8-9-19-15-5-3-2-4-12(13)15/h2-10,17,20H,1H3. The highest BCUT2D eigenvalue weighted by Crippen LogP contribution is 2.33. The van der Waals surface area contributed by atoms with Crippen LogP contribution in [0.3, 0.4) is 0 Å². The molecule has 0 aliphatic heterocycles. The van der Waals surface area contributed by atoms with Gasteiger partial charge < -0.3 is 9.84 Å². The highest BCUT2D eigenvalue weighted by molar-refractivity contribution is 5.82. The van der Waals surface area contributed by atoms with Gasteiger partial charge in [0, 0.05) is 17.1 Å². The lowest BCUT2D eigenvalue weighted by atomic mass is 9.97. The van der Waals surface area contributed by atoms with Crippen LogP contribution in [0.4, 0.5) is 4.39 Å². The van der Waals surface area contributed by atoms with Crippen LogP contribution in [0.5, 0.6) is 5.75 Å². The van der Waals surface area contributed by atoms with Crippen LogP contribution in [-0.2, 0) is 0 Å². The largest absolute Gasteiger partial charge is 0.496 e. The summed E-state index contributed by atoms with van der Waals surface area (Å²) in [6, 6.07) is 13.4. The molecule has 1 unspecified atom stereocenters. The SMILES string of the molecule is COc1ccc(F)cc1C(O)c1ccnc2ccccc12. The Labute approximate surface area is 121 Å². The number of halogens is 1. The fraction of sp³-hybridized carbons (Fsp3) is 0.118. The summed E-state index contributed by atoms with van der Waals surface area (Å²) in [4.78, 5) is 4.26. The number of rotatable bonds is 3. The fourth-order valence-corrected chi connectivity index (χ4v) is 2.44. The molecule has 4 heteroatoms. The topological polar surface area (TPSA) is 42.4 Å². The van der Waals surface area contributed by atoms with Crippen molar-refractivity contribution < 1.29 is 14.2 Å². The first kappa shape index (κ1) is 13.5. The van der Waals surface area contributed by atoms with Gasteiger partial charge in [0.15, 0.2) is 0 Å². The van der Waals surface area contributed by atoms with E-state index in [4.69, 9.17) is 4.74 Å². The van der Waals surface area contributed by atoms with E-state index in [1.807, 2.05) is 24.3 Å². The number of hydrogen-bond donors (Lipinski definition) is 1. The van der Waals surface area contributed by atoms with Gasteiger partial charge in [-0.3, -0.25) is 4.98 Å². The van der Waals surface area contributed by atoms with Crippen LogP contribution in [0.15, 0.2) is 54.7 Å².